The van der Waals surface area contributed by atoms with Crippen LogP contribution in [0, 0.1) is 11.8 Å². The first kappa shape index (κ1) is 35.0. The number of nitrogens with zero attached hydrogens (tertiary/aromatic N) is 4. The van der Waals surface area contributed by atoms with Crippen molar-refractivity contribution in [1.82, 2.24) is 19.6 Å². The summed E-state index contributed by atoms with van der Waals surface area (Å²) in [5.41, 5.74) is 3.01. The van der Waals surface area contributed by atoms with Gasteiger partial charge in [0.05, 0.1) is 4.47 Å². The molecular weight excluding hydrogens is 662 g/mol. The molecule has 0 aromatic heterocycles. The second kappa shape index (κ2) is 16.7. The molecule has 0 saturated carbocycles. The summed E-state index contributed by atoms with van der Waals surface area (Å²) in [6.45, 7) is 5.14. The van der Waals surface area contributed by atoms with Crippen molar-refractivity contribution in [3.05, 3.63) is 58.1 Å². The van der Waals surface area contributed by atoms with Crippen molar-refractivity contribution in [3.8, 4) is 5.75 Å². The van der Waals surface area contributed by atoms with Crippen LogP contribution in [0.4, 0.5) is 10.5 Å². The number of hydrogen-bond acceptors (Lipinski definition) is 7. The molecule has 3 aliphatic rings. The Kier molecular flexibility index (Phi) is 12.4. The fourth-order valence-corrected chi connectivity index (χ4v) is 7.92. The molecule has 47 heavy (non-hydrogen) atoms. The van der Waals surface area contributed by atoms with Crippen molar-refractivity contribution in [3.63, 3.8) is 0 Å². The third-order valence-electron chi connectivity index (χ3n) is 10.5. The van der Waals surface area contributed by atoms with Crippen LogP contribution in [-0.4, -0.2) is 115 Å². The SMILES string of the molecule is CNc1ccccc1CCN(C=O)C1CCN(C(=O)O[C@H](Cc2ccc(O)c(Br)c2)C(=O)N2CCC(C3CCN(C)CC3)CC2)CC1. The van der Waals surface area contributed by atoms with Gasteiger partial charge in [-0.2, -0.15) is 0 Å². The van der Waals surface area contributed by atoms with E-state index < -0.39 is 12.2 Å². The molecule has 10 nitrogen and oxygen atoms in total. The van der Waals surface area contributed by atoms with E-state index in [2.05, 4.69) is 39.3 Å². The van der Waals surface area contributed by atoms with Crippen LogP contribution in [0.15, 0.2) is 46.9 Å². The van der Waals surface area contributed by atoms with Crippen LogP contribution in [0.5, 0.6) is 5.75 Å². The maximum atomic E-state index is 13.9. The zero-order valence-electron chi connectivity index (χ0n) is 27.8. The Labute approximate surface area is 287 Å². The average molecular weight is 713 g/mol. The summed E-state index contributed by atoms with van der Waals surface area (Å²) in [7, 11) is 4.08. The second-order valence-corrected chi connectivity index (χ2v) is 14.2. The van der Waals surface area contributed by atoms with Gasteiger partial charge in [0.1, 0.15) is 5.75 Å². The number of piperidine rings is 3. The van der Waals surface area contributed by atoms with E-state index in [1.165, 1.54) is 12.8 Å². The van der Waals surface area contributed by atoms with Crippen LogP contribution in [0.3, 0.4) is 0 Å². The number of benzene rings is 2. The van der Waals surface area contributed by atoms with Gasteiger partial charge in [0, 0.05) is 57.9 Å². The normalized spacial score (nSPS) is 19.3. The number of aromatic hydroxyl groups is 1. The summed E-state index contributed by atoms with van der Waals surface area (Å²) < 4.78 is 6.54. The van der Waals surface area contributed by atoms with E-state index in [1.807, 2.05) is 35.0 Å². The lowest BCUT2D eigenvalue weighted by atomic mass is 9.79. The fourth-order valence-electron chi connectivity index (χ4n) is 7.50. The largest absolute Gasteiger partial charge is 0.507 e. The van der Waals surface area contributed by atoms with Gasteiger partial charge in [-0.15, -0.1) is 0 Å². The zero-order valence-corrected chi connectivity index (χ0v) is 29.4. The smallest absolute Gasteiger partial charge is 0.410 e. The minimum atomic E-state index is -0.963. The predicted octanol–water partition coefficient (Wildman–Crippen LogP) is 4.99. The van der Waals surface area contributed by atoms with Gasteiger partial charge in [-0.25, -0.2) is 4.79 Å². The summed E-state index contributed by atoms with van der Waals surface area (Å²) in [6.07, 6.45) is 6.11. The van der Waals surface area contributed by atoms with Crippen LogP contribution in [0.1, 0.15) is 49.7 Å². The third-order valence-corrected chi connectivity index (χ3v) is 11.1. The van der Waals surface area contributed by atoms with E-state index in [4.69, 9.17) is 4.74 Å². The lowest BCUT2D eigenvalue weighted by molar-refractivity contribution is -0.142. The number of phenols is 1. The van der Waals surface area contributed by atoms with Crippen molar-refractivity contribution < 1.29 is 24.2 Å². The first-order chi connectivity index (χ1) is 22.7. The number of halogens is 1. The van der Waals surface area contributed by atoms with Crippen molar-refractivity contribution in [1.29, 1.82) is 0 Å². The van der Waals surface area contributed by atoms with Gasteiger partial charge in [-0.1, -0.05) is 24.3 Å². The van der Waals surface area contributed by atoms with Crippen LogP contribution < -0.4 is 5.32 Å². The number of rotatable bonds is 11. The highest BCUT2D eigenvalue weighted by atomic mass is 79.9. The quantitative estimate of drug-likeness (QED) is 0.317. The van der Waals surface area contributed by atoms with E-state index in [1.54, 1.807) is 23.1 Å². The molecule has 0 unspecified atom stereocenters. The molecule has 0 aliphatic carbocycles. The van der Waals surface area contributed by atoms with Crippen LogP contribution >= 0.6 is 15.9 Å². The van der Waals surface area contributed by atoms with Gasteiger partial charge in [0.2, 0.25) is 6.41 Å². The topological polar surface area (TPSA) is 106 Å². The molecule has 0 spiro atoms. The minimum Gasteiger partial charge on any atom is -0.507 e. The minimum absolute atomic E-state index is 0.0379. The molecule has 3 heterocycles. The van der Waals surface area contributed by atoms with Crippen molar-refractivity contribution >= 4 is 40.0 Å². The molecule has 3 fully saturated rings. The summed E-state index contributed by atoms with van der Waals surface area (Å²) in [5.74, 6) is 1.30. The number of carbonyl (C=O) groups excluding carboxylic acids is 3. The Bertz CT molecular complexity index is 1350. The van der Waals surface area contributed by atoms with Gasteiger partial charge in [-0.05, 0) is 122 Å². The van der Waals surface area contributed by atoms with E-state index in [0.717, 1.165) is 55.6 Å². The molecule has 2 aromatic rings. The van der Waals surface area contributed by atoms with Crippen LogP contribution in [0.2, 0.25) is 0 Å². The monoisotopic (exact) mass is 711 g/mol. The van der Waals surface area contributed by atoms with Crippen LogP contribution in [0.25, 0.3) is 0 Å². The van der Waals surface area contributed by atoms with E-state index in [9.17, 15) is 19.5 Å². The Morgan fingerprint density at radius 2 is 1.62 bits per heavy atom. The van der Waals surface area contributed by atoms with E-state index >= 15 is 0 Å². The highest BCUT2D eigenvalue weighted by molar-refractivity contribution is 9.10. The van der Waals surface area contributed by atoms with Gasteiger partial charge in [0.15, 0.2) is 6.10 Å². The van der Waals surface area contributed by atoms with Gasteiger partial charge >= 0.3 is 6.09 Å². The highest BCUT2D eigenvalue weighted by Crippen LogP contribution is 2.33. The number of likely N-dealkylation sites (tertiary alicyclic amines) is 3. The summed E-state index contributed by atoms with van der Waals surface area (Å²) in [4.78, 5) is 47.3. The lowest BCUT2D eigenvalue weighted by Crippen LogP contribution is -2.50. The van der Waals surface area contributed by atoms with Crippen molar-refractivity contribution in [2.24, 2.45) is 11.8 Å². The molecule has 0 bridgehead atoms. The number of phenolic OH excluding ortho intramolecular Hbond substituents is 1. The average Bonchev–Trinajstić information content (AvgIpc) is 3.10. The first-order valence-corrected chi connectivity index (χ1v) is 17.9. The Morgan fingerprint density at radius 3 is 2.26 bits per heavy atom. The molecular formula is C36H50BrN5O5. The summed E-state index contributed by atoms with van der Waals surface area (Å²) >= 11 is 3.37. The van der Waals surface area contributed by atoms with Gasteiger partial charge < -0.3 is 34.8 Å². The number of para-hydroxylation sites is 1. The molecule has 11 heteroatoms. The maximum absolute atomic E-state index is 13.9. The second-order valence-electron chi connectivity index (χ2n) is 13.4. The number of amides is 3. The van der Waals surface area contributed by atoms with Crippen molar-refractivity contribution in [2.45, 2.75) is 63.5 Å². The Hall–Kier alpha value is -3.31. The zero-order chi connectivity index (χ0) is 33.3. The van der Waals surface area contributed by atoms with Crippen molar-refractivity contribution in [2.75, 3.05) is 65.2 Å². The highest BCUT2D eigenvalue weighted by Gasteiger charge is 2.36. The van der Waals surface area contributed by atoms with Gasteiger partial charge in [0.25, 0.3) is 5.91 Å². The first-order valence-electron chi connectivity index (χ1n) is 17.1. The Balaban J connectivity index is 1.17. The summed E-state index contributed by atoms with van der Waals surface area (Å²) in [5, 5.41) is 13.2. The molecule has 5 rings (SSSR count). The van der Waals surface area contributed by atoms with E-state index in [-0.39, 0.29) is 24.1 Å². The lowest BCUT2D eigenvalue weighted by Gasteiger charge is -2.40. The molecule has 0 radical (unpaired) electrons. The predicted molar refractivity (Wildman–Crippen MR) is 186 cm³/mol. The maximum Gasteiger partial charge on any atom is 0.410 e. The summed E-state index contributed by atoms with van der Waals surface area (Å²) in [6, 6.07) is 13.2. The number of ether oxygens (including phenoxy) is 1. The molecule has 1 atom stereocenters. The fraction of sp³-hybridized carbons (Fsp3) is 0.583. The van der Waals surface area contributed by atoms with E-state index in [0.29, 0.717) is 61.9 Å². The molecule has 256 valence electrons. The molecule has 2 N–H and O–H groups in total. The number of anilines is 1. The van der Waals surface area contributed by atoms with Gasteiger partial charge in [-0.3, -0.25) is 9.59 Å². The number of carbonyl (C=O) groups is 3. The Morgan fingerprint density at radius 1 is 0.979 bits per heavy atom. The van der Waals surface area contributed by atoms with Crippen LogP contribution in [-0.2, 0) is 27.2 Å². The molecule has 3 aliphatic heterocycles. The third kappa shape index (κ3) is 9.19. The molecule has 3 saturated heterocycles. The number of nitrogens with one attached hydrogen (secondary N) is 1. The number of hydrogen-bond donors (Lipinski definition) is 2. The standard InChI is InChI=1S/C36H50BrN5O5/c1-38-32-6-4-3-5-29(32)13-20-42(25-43)30-14-21-41(22-15-30)36(46)47-34(24-26-7-8-33(44)31(37)23-26)35(45)40-18-11-28(12-19-40)27-9-16-39(2)17-10-27/h3-8,23,25,27-28,30,34,38,44H,9-22,24H2,1-2H3/t34-/m1/s1. The molecule has 3 amide bonds. The molecule has 2 aromatic carbocycles.